The van der Waals surface area contributed by atoms with Crippen LogP contribution in [-0.4, -0.2) is 40.7 Å². The minimum atomic E-state index is -4.44. The van der Waals surface area contributed by atoms with Gasteiger partial charge in [0.05, 0.1) is 18.8 Å². The van der Waals surface area contributed by atoms with Crippen LogP contribution < -0.4 is 0 Å². The molecular weight excluding hydrogens is 315 g/mol. The zero-order valence-electron chi connectivity index (χ0n) is 11.8. The summed E-state index contributed by atoms with van der Waals surface area (Å²) in [5.41, 5.74) is -0.640. The number of morpholine rings is 1. The molecule has 1 aliphatic rings. The third-order valence-electron chi connectivity index (χ3n) is 3.52. The molecule has 1 amide bonds. The SMILES string of the molecule is O=C(c1ccc(C(F)(F)F)cc1)N1CCOC[C@@H]1c1ncon1. The number of aromatic nitrogens is 2. The summed E-state index contributed by atoms with van der Waals surface area (Å²) in [6.45, 7) is 0.825. The van der Waals surface area contributed by atoms with Gasteiger partial charge in [-0.05, 0) is 24.3 Å². The summed E-state index contributed by atoms with van der Waals surface area (Å²) >= 11 is 0. The molecule has 122 valence electrons. The van der Waals surface area contributed by atoms with Gasteiger partial charge in [-0.3, -0.25) is 4.79 Å². The molecular formula is C14H12F3N3O3. The smallest absolute Gasteiger partial charge is 0.377 e. The van der Waals surface area contributed by atoms with Gasteiger partial charge in [-0.15, -0.1) is 0 Å². The van der Waals surface area contributed by atoms with Gasteiger partial charge in [0.25, 0.3) is 5.91 Å². The third kappa shape index (κ3) is 3.19. The van der Waals surface area contributed by atoms with Crippen LogP contribution >= 0.6 is 0 Å². The summed E-state index contributed by atoms with van der Waals surface area (Å²) in [5, 5.41) is 3.70. The Hall–Kier alpha value is -2.42. The lowest BCUT2D eigenvalue weighted by Crippen LogP contribution is -2.43. The van der Waals surface area contributed by atoms with E-state index in [4.69, 9.17) is 4.74 Å². The molecule has 1 fully saturated rings. The minimum absolute atomic E-state index is 0.161. The molecule has 0 saturated carbocycles. The molecule has 0 unspecified atom stereocenters. The number of alkyl halides is 3. The van der Waals surface area contributed by atoms with Gasteiger partial charge in [-0.2, -0.15) is 18.2 Å². The monoisotopic (exact) mass is 327 g/mol. The van der Waals surface area contributed by atoms with E-state index in [1.807, 2.05) is 0 Å². The highest BCUT2D eigenvalue weighted by Gasteiger charge is 2.33. The van der Waals surface area contributed by atoms with E-state index in [2.05, 4.69) is 14.7 Å². The Morgan fingerprint density at radius 1 is 1.26 bits per heavy atom. The van der Waals surface area contributed by atoms with Crippen LogP contribution in [0.3, 0.4) is 0 Å². The summed E-state index contributed by atoms with van der Waals surface area (Å²) in [6.07, 6.45) is -3.29. The topological polar surface area (TPSA) is 68.5 Å². The summed E-state index contributed by atoms with van der Waals surface area (Å²) in [4.78, 5) is 18.0. The number of nitrogens with zero attached hydrogens (tertiary/aromatic N) is 3. The first kappa shape index (κ1) is 15.5. The van der Waals surface area contributed by atoms with E-state index in [0.29, 0.717) is 19.0 Å². The molecule has 0 radical (unpaired) electrons. The van der Waals surface area contributed by atoms with Gasteiger partial charge in [0, 0.05) is 12.1 Å². The maximum Gasteiger partial charge on any atom is 0.416 e. The largest absolute Gasteiger partial charge is 0.416 e. The van der Waals surface area contributed by atoms with Gasteiger partial charge in [0.15, 0.2) is 5.82 Å². The average molecular weight is 327 g/mol. The van der Waals surface area contributed by atoms with Gasteiger partial charge in [-0.1, -0.05) is 5.16 Å². The lowest BCUT2D eigenvalue weighted by Gasteiger charge is -2.33. The first-order valence-corrected chi connectivity index (χ1v) is 6.79. The highest BCUT2D eigenvalue weighted by molar-refractivity contribution is 5.94. The molecule has 3 rings (SSSR count). The Labute approximate surface area is 128 Å². The molecule has 1 atom stereocenters. The van der Waals surface area contributed by atoms with Crippen LogP contribution in [0.4, 0.5) is 13.2 Å². The van der Waals surface area contributed by atoms with Crippen LogP contribution in [0.25, 0.3) is 0 Å². The average Bonchev–Trinajstić information content (AvgIpc) is 3.08. The number of hydrogen-bond donors (Lipinski definition) is 0. The summed E-state index contributed by atoms with van der Waals surface area (Å²) in [7, 11) is 0. The first-order valence-electron chi connectivity index (χ1n) is 6.79. The molecule has 2 heterocycles. The molecule has 0 bridgehead atoms. The van der Waals surface area contributed by atoms with E-state index >= 15 is 0 Å². The number of carbonyl (C=O) groups is 1. The van der Waals surface area contributed by atoms with Crippen LogP contribution in [0.5, 0.6) is 0 Å². The van der Waals surface area contributed by atoms with Gasteiger partial charge in [0.1, 0.15) is 6.04 Å². The van der Waals surface area contributed by atoms with Crippen molar-refractivity contribution in [3.05, 3.63) is 47.6 Å². The Kier molecular flexibility index (Phi) is 4.03. The second-order valence-corrected chi connectivity index (χ2v) is 4.95. The van der Waals surface area contributed by atoms with Crippen molar-refractivity contribution in [3.8, 4) is 0 Å². The second kappa shape index (κ2) is 5.99. The van der Waals surface area contributed by atoms with E-state index in [9.17, 15) is 18.0 Å². The van der Waals surface area contributed by atoms with Crippen LogP contribution in [0.15, 0.2) is 35.2 Å². The fraction of sp³-hybridized carbons (Fsp3) is 0.357. The Balaban J connectivity index is 1.83. The van der Waals surface area contributed by atoms with Gasteiger partial charge >= 0.3 is 6.18 Å². The maximum atomic E-state index is 12.6. The van der Waals surface area contributed by atoms with Crippen molar-refractivity contribution in [1.29, 1.82) is 0 Å². The minimum Gasteiger partial charge on any atom is -0.377 e. The molecule has 23 heavy (non-hydrogen) atoms. The predicted octanol–water partition coefficient (Wildman–Crippen LogP) is 2.30. The van der Waals surface area contributed by atoms with Crippen molar-refractivity contribution in [1.82, 2.24) is 15.0 Å². The molecule has 1 aliphatic heterocycles. The van der Waals surface area contributed by atoms with Crippen LogP contribution in [0.1, 0.15) is 27.8 Å². The molecule has 1 aromatic carbocycles. The number of carbonyl (C=O) groups excluding carboxylic acids is 1. The molecule has 2 aromatic rings. The molecule has 0 spiro atoms. The zero-order valence-corrected chi connectivity index (χ0v) is 11.8. The number of benzene rings is 1. The number of amides is 1. The van der Waals surface area contributed by atoms with Crippen molar-refractivity contribution >= 4 is 5.91 Å². The van der Waals surface area contributed by atoms with Crippen LogP contribution in [0, 0.1) is 0 Å². The fourth-order valence-corrected chi connectivity index (χ4v) is 2.35. The Morgan fingerprint density at radius 3 is 2.61 bits per heavy atom. The number of halogens is 3. The highest BCUT2D eigenvalue weighted by Crippen LogP contribution is 2.30. The van der Waals surface area contributed by atoms with Crippen molar-refractivity contribution < 1.29 is 27.2 Å². The number of rotatable bonds is 2. The fourth-order valence-electron chi connectivity index (χ4n) is 2.35. The predicted molar refractivity (Wildman–Crippen MR) is 70.3 cm³/mol. The summed E-state index contributed by atoms with van der Waals surface area (Å²) in [5.74, 6) is -0.109. The lowest BCUT2D eigenvalue weighted by molar-refractivity contribution is -0.137. The number of ether oxygens (including phenoxy) is 1. The normalized spacial score (nSPS) is 18.9. The third-order valence-corrected chi connectivity index (χ3v) is 3.52. The Morgan fingerprint density at radius 2 is 2.00 bits per heavy atom. The van der Waals surface area contributed by atoms with Gasteiger partial charge in [0.2, 0.25) is 6.39 Å². The molecule has 0 N–H and O–H groups in total. The molecule has 1 saturated heterocycles. The summed E-state index contributed by atoms with van der Waals surface area (Å²) in [6, 6.07) is 3.56. The summed E-state index contributed by atoms with van der Waals surface area (Å²) < 4.78 is 47.7. The Bertz CT molecular complexity index is 671. The van der Waals surface area contributed by atoms with E-state index in [1.165, 1.54) is 4.90 Å². The van der Waals surface area contributed by atoms with Crippen molar-refractivity contribution in [2.45, 2.75) is 12.2 Å². The van der Waals surface area contributed by atoms with Crippen molar-refractivity contribution in [2.24, 2.45) is 0 Å². The van der Waals surface area contributed by atoms with Crippen molar-refractivity contribution in [2.75, 3.05) is 19.8 Å². The van der Waals surface area contributed by atoms with Gasteiger partial charge in [-0.25, -0.2) is 0 Å². The zero-order chi connectivity index (χ0) is 16.4. The standard InChI is InChI=1S/C14H12F3N3O3/c15-14(16,17)10-3-1-9(2-4-10)13(21)20-5-6-22-7-11(20)12-18-8-23-19-12/h1-4,8,11H,5-7H2/t11-/m1/s1. The quantitative estimate of drug-likeness (QED) is 0.846. The van der Waals surface area contributed by atoms with Gasteiger partial charge < -0.3 is 14.2 Å². The van der Waals surface area contributed by atoms with Crippen molar-refractivity contribution in [3.63, 3.8) is 0 Å². The lowest BCUT2D eigenvalue weighted by atomic mass is 10.1. The number of hydrogen-bond acceptors (Lipinski definition) is 5. The molecule has 1 aromatic heterocycles. The second-order valence-electron chi connectivity index (χ2n) is 4.95. The van der Waals surface area contributed by atoms with Crippen LogP contribution in [0.2, 0.25) is 0 Å². The maximum absolute atomic E-state index is 12.6. The highest BCUT2D eigenvalue weighted by atomic mass is 19.4. The van der Waals surface area contributed by atoms with E-state index < -0.39 is 23.7 Å². The molecule has 6 nitrogen and oxygen atoms in total. The van der Waals surface area contributed by atoms with E-state index in [0.717, 1.165) is 30.7 Å². The molecule has 0 aliphatic carbocycles. The van der Waals surface area contributed by atoms with E-state index in [1.54, 1.807) is 0 Å². The van der Waals surface area contributed by atoms with E-state index in [-0.39, 0.29) is 12.2 Å². The van der Waals surface area contributed by atoms with Crippen LogP contribution in [-0.2, 0) is 10.9 Å². The first-order chi connectivity index (χ1) is 11.0. The molecule has 9 heteroatoms.